The Balaban J connectivity index is 1.68. The van der Waals surface area contributed by atoms with Crippen LogP contribution in [0.3, 0.4) is 0 Å². The van der Waals surface area contributed by atoms with E-state index in [1.807, 2.05) is 35.0 Å². The van der Waals surface area contributed by atoms with Gasteiger partial charge in [-0.15, -0.1) is 0 Å². The Labute approximate surface area is 183 Å². The van der Waals surface area contributed by atoms with Gasteiger partial charge in [0.15, 0.2) is 0 Å². The van der Waals surface area contributed by atoms with Crippen molar-refractivity contribution in [2.75, 3.05) is 7.11 Å². The average molecular weight is 422 g/mol. The van der Waals surface area contributed by atoms with Crippen LogP contribution in [0.5, 0.6) is 5.75 Å². The third-order valence-electron chi connectivity index (χ3n) is 5.33. The first-order valence-electron chi connectivity index (χ1n) is 9.88. The SMILES string of the molecule is COc1ccc(-n2cc(-c3cncnc3)c3cc(-c4ccc(C(=O)O)cc4)cnc32)cc1. The number of ether oxygens (including phenoxy) is 1. The van der Waals surface area contributed by atoms with E-state index in [4.69, 9.17) is 14.8 Å². The van der Waals surface area contributed by atoms with Crippen LogP contribution in [-0.2, 0) is 0 Å². The molecule has 0 amide bonds. The van der Waals surface area contributed by atoms with Crippen molar-refractivity contribution in [2.45, 2.75) is 0 Å². The zero-order chi connectivity index (χ0) is 22.1. The van der Waals surface area contributed by atoms with Crippen LogP contribution in [0.25, 0.3) is 39.0 Å². The fourth-order valence-corrected chi connectivity index (χ4v) is 3.68. The molecule has 0 aliphatic carbocycles. The highest BCUT2D eigenvalue weighted by molar-refractivity contribution is 5.97. The minimum absolute atomic E-state index is 0.246. The predicted octanol–water partition coefficient (Wildman–Crippen LogP) is 4.86. The van der Waals surface area contributed by atoms with Crippen molar-refractivity contribution >= 4 is 17.0 Å². The lowest BCUT2D eigenvalue weighted by Crippen LogP contribution is -1.95. The first-order valence-corrected chi connectivity index (χ1v) is 9.88. The largest absolute Gasteiger partial charge is 0.497 e. The number of hydrogen-bond acceptors (Lipinski definition) is 5. The molecule has 5 rings (SSSR count). The minimum atomic E-state index is -0.951. The molecule has 3 aromatic heterocycles. The molecule has 1 N–H and O–H groups in total. The monoisotopic (exact) mass is 422 g/mol. The lowest BCUT2D eigenvalue weighted by molar-refractivity contribution is 0.0697. The van der Waals surface area contributed by atoms with E-state index in [9.17, 15) is 4.79 Å². The second-order valence-corrected chi connectivity index (χ2v) is 7.22. The normalized spacial score (nSPS) is 10.9. The standard InChI is InChI=1S/C25H18N4O3/c1-32-21-8-6-20(7-9-21)29-14-23(19-11-26-15-27-12-19)22-10-18(13-28-24(22)29)16-2-4-17(5-3-16)25(30)31/h2-15H,1H3,(H,30,31). The van der Waals surface area contributed by atoms with Gasteiger partial charge in [-0.3, -0.25) is 0 Å². The van der Waals surface area contributed by atoms with Crippen molar-refractivity contribution in [3.8, 4) is 33.7 Å². The number of carbonyl (C=O) groups is 1. The van der Waals surface area contributed by atoms with Gasteiger partial charge in [-0.2, -0.15) is 0 Å². The maximum absolute atomic E-state index is 11.2. The van der Waals surface area contributed by atoms with Crippen molar-refractivity contribution < 1.29 is 14.6 Å². The lowest BCUT2D eigenvalue weighted by Gasteiger charge is -2.07. The summed E-state index contributed by atoms with van der Waals surface area (Å²) in [6.45, 7) is 0. The molecule has 7 heteroatoms. The molecule has 0 unspecified atom stereocenters. The van der Waals surface area contributed by atoms with Crippen LogP contribution in [-0.4, -0.2) is 37.7 Å². The van der Waals surface area contributed by atoms with Gasteiger partial charge in [0.1, 0.15) is 17.7 Å². The number of methoxy groups -OCH3 is 1. The topological polar surface area (TPSA) is 90.1 Å². The van der Waals surface area contributed by atoms with Gasteiger partial charge >= 0.3 is 5.97 Å². The molecule has 0 saturated carbocycles. The summed E-state index contributed by atoms with van der Waals surface area (Å²) in [6.07, 6.45) is 8.86. The number of hydrogen-bond donors (Lipinski definition) is 1. The highest BCUT2D eigenvalue weighted by Gasteiger charge is 2.15. The number of carboxylic acid groups (broad SMARTS) is 1. The minimum Gasteiger partial charge on any atom is -0.497 e. The summed E-state index contributed by atoms with van der Waals surface area (Å²) < 4.78 is 7.30. The van der Waals surface area contributed by atoms with E-state index in [0.29, 0.717) is 0 Å². The number of pyridine rings is 1. The molecule has 5 aromatic rings. The highest BCUT2D eigenvalue weighted by Crippen LogP contribution is 2.34. The molecule has 0 saturated heterocycles. The predicted molar refractivity (Wildman–Crippen MR) is 121 cm³/mol. The maximum Gasteiger partial charge on any atom is 0.335 e. The zero-order valence-electron chi connectivity index (χ0n) is 17.1. The summed E-state index contributed by atoms with van der Waals surface area (Å²) in [4.78, 5) is 24.3. The van der Waals surface area contributed by atoms with Crippen LogP contribution in [0.15, 0.2) is 85.7 Å². The summed E-state index contributed by atoms with van der Waals surface area (Å²) in [7, 11) is 1.64. The fourth-order valence-electron chi connectivity index (χ4n) is 3.68. The number of nitrogens with zero attached hydrogens (tertiary/aromatic N) is 4. The molecule has 0 spiro atoms. The van der Waals surface area contributed by atoms with Gasteiger partial charge in [0.2, 0.25) is 0 Å². The van der Waals surface area contributed by atoms with Gasteiger partial charge in [0.25, 0.3) is 0 Å². The first kappa shape index (κ1) is 19.4. The molecule has 32 heavy (non-hydrogen) atoms. The van der Waals surface area contributed by atoms with Crippen LogP contribution in [0, 0.1) is 0 Å². The zero-order valence-corrected chi connectivity index (χ0v) is 17.1. The van der Waals surface area contributed by atoms with Gasteiger partial charge in [-0.1, -0.05) is 12.1 Å². The molecule has 0 atom stereocenters. The second-order valence-electron chi connectivity index (χ2n) is 7.22. The summed E-state index contributed by atoms with van der Waals surface area (Å²) in [5, 5.41) is 10.1. The van der Waals surface area contributed by atoms with E-state index in [-0.39, 0.29) is 5.56 Å². The van der Waals surface area contributed by atoms with E-state index in [1.54, 1.807) is 50.0 Å². The molecule has 2 aromatic carbocycles. The third kappa shape index (κ3) is 3.45. The van der Waals surface area contributed by atoms with Crippen LogP contribution in [0.1, 0.15) is 10.4 Å². The molecule has 0 bridgehead atoms. The van der Waals surface area contributed by atoms with Gasteiger partial charge in [-0.05, 0) is 48.0 Å². The van der Waals surface area contributed by atoms with Crippen molar-refractivity contribution in [3.63, 3.8) is 0 Å². The molecular formula is C25H18N4O3. The first-order chi connectivity index (χ1) is 15.6. The molecule has 156 valence electrons. The van der Waals surface area contributed by atoms with E-state index in [0.717, 1.165) is 44.7 Å². The summed E-state index contributed by atoms with van der Waals surface area (Å²) in [5.41, 5.74) is 5.59. The molecule has 0 fully saturated rings. The number of aromatic carboxylic acids is 1. The van der Waals surface area contributed by atoms with E-state index in [1.165, 1.54) is 6.33 Å². The quantitative estimate of drug-likeness (QED) is 0.435. The molecule has 0 aliphatic rings. The molecule has 3 heterocycles. The van der Waals surface area contributed by atoms with Gasteiger partial charge in [-0.25, -0.2) is 19.7 Å². The van der Waals surface area contributed by atoms with Crippen LogP contribution in [0.4, 0.5) is 0 Å². The number of benzene rings is 2. The Morgan fingerprint density at radius 2 is 1.62 bits per heavy atom. The highest BCUT2D eigenvalue weighted by atomic mass is 16.5. The van der Waals surface area contributed by atoms with Crippen molar-refractivity contribution in [2.24, 2.45) is 0 Å². The maximum atomic E-state index is 11.2. The number of aromatic nitrogens is 4. The Hall–Kier alpha value is -4.52. The summed E-state index contributed by atoms with van der Waals surface area (Å²) in [6, 6.07) is 16.6. The Morgan fingerprint density at radius 3 is 2.28 bits per heavy atom. The average Bonchev–Trinajstić information content (AvgIpc) is 3.23. The number of fused-ring (bicyclic) bond motifs is 1. The van der Waals surface area contributed by atoms with Gasteiger partial charge in [0.05, 0.1) is 12.7 Å². The van der Waals surface area contributed by atoms with E-state index in [2.05, 4.69) is 16.0 Å². The smallest absolute Gasteiger partial charge is 0.335 e. The van der Waals surface area contributed by atoms with Crippen molar-refractivity contribution in [1.29, 1.82) is 0 Å². The van der Waals surface area contributed by atoms with E-state index < -0.39 is 5.97 Å². The number of rotatable bonds is 5. The van der Waals surface area contributed by atoms with Gasteiger partial charge in [0, 0.05) is 52.6 Å². The van der Waals surface area contributed by atoms with Gasteiger partial charge < -0.3 is 14.4 Å². The third-order valence-corrected chi connectivity index (χ3v) is 5.33. The molecule has 0 radical (unpaired) electrons. The Bertz CT molecular complexity index is 1410. The lowest BCUT2D eigenvalue weighted by atomic mass is 10.0. The van der Waals surface area contributed by atoms with Crippen molar-refractivity contribution in [1.82, 2.24) is 19.5 Å². The van der Waals surface area contributed by atoms with Crippen molar-refractivity contribution in [3.05, 3.63) is 91.3 Å². The fraction of sp³-hybridized carbons (Fsp3) is 0.0400. The Morgan fingerprint density at radius 1 is 0.906 bits per heavy atom. The molecule has 0 aliphatic heterocycles. The second kappa shape index (κ2) is 7.96. The number of carboxylic acids is 1. The summed E-state index contributed by atoms with van der Waals surface area (Å²) in [5.74, 6) is -0.171. The Kier molecular flexibility index (Phi) is 4.84. The van der Waals surface area contributed by atoms with E-state index >= 15 is 0 Å². The summed E-state index contributed by atoms with van der Waals surface area (Å²) >= 11 is 0. The molecule has 7 nitrogen and oxygen atoms in total. The molecular weight excluding hydrogens is 404 g/mol. The van der Waals surface area contributed by atoms with Crippen LogP contribution < -0.4 is 4.74 Å². The van der Waals surface area contributed by atoms with Crippen LogP contribution >= 0.6 is 0 Å². The van der Waals surface area contributed by atoms with Crippen LogP contribution in [0.2, 0.25) is 0 Å².